The third kappa shape index (κ3) is 4.42. The third-order valence-corrected chi connectivity index (χ3v) is 5.77. The standard InChI is InChI=1S/C16H24N2OS2/c1-11(12(2)17-13(8-9-19)10-20-3)16-18-14-6-4-5-7-15(14)21-16/h4-7,11-13,17,19H,8-10H2,1-3H3. The number of hydrogen-bond acceptors (Lipinski definition) is 5. The zero-order valence-corrected chi connectivity index (χ0v) is 14.5. The van der Waals surface area contributed by atoms with E-state index in [1.54, 1.807) is 11.3 Å². The summed E-state index contributed by atoms with van der Waals surface area (Å²) < 4.78 is 1.25. The Morgan fingerprint density at radius 1 is 1.33 bits per heavy atom. The summed E-state index contributed by atoms with van der Waals surface area (Å²) in [5.41, 5.74) is 1.09. The number of nitrogens with one attached hydrogen (secondary N) is 1. The summed E-state index contributed by atoms with van der Waals surface area (Å²) in [7, 11) is 0. The zero-order chi connectivity index (χ0) is 15.2. The first-order valence-corrected chi connectivity index (χ1v) is 9.58. The lowest BCUT2D eigenvalue weighted by molar-refractivity contribution is 0.262. The average molecular weight is 325 g/mol. The predicted molar refractivity (Wildman–Crippen MR) is 94.5 cm³/mol. The highest BCUT2D eigenvalue weighted by molar-refractivity contribution is 7.98. The fourth-order valence-corrected chi connectivity index (χ4v) is 4.18. The first-order valence-electron chi connectivity index (χ1n) is 7.37. The van der Waals surface area contributed by atoms with E-state index in [1.807, 2.05) is 17.8 Å². The fourth-order valence-electron chi connectivity index (χ4n) is 2.39. The molecule has 0 radical (unpaired) electrons. The molecule has 2 N–H and O–H groups in total. The topological polar surface area (TPSA) is 45.1 Å². The number of nitrogens with zero attached hydrogens (tertiary/aromatic N) is 1. The van der Waals surface area contributed by atoms with Crippen LogP contribution in [-0.2, 0) is 0 Å². The van der Waals surface area contributed by atoms with Gasteiger partial charge in [0.05, 0.1) is 15.2 Å². The molecule has 3 atom stereocenters. The van der Waals surface area contributed by atoms with Crippen LogP contribution in [0.5, 0.6) is 0 Å². The molecular formula is C16H24N2OS2. The molecule has 3 unspecified atom stereocenters. The van der Waals surface area contributed by atoms with Crippen LogP contribution in [0.2, 0.25) is 0 Å². The Bertz CT molecular complexity index is 519. The van der Waals surface area contributed by atoms with Gasteiger partial charge in [0.1, 0.15) is 0 Å². The van der Waals surface area contributed by atoms with Crippen LogP contribution in [0.3, 0.4) is 0 Å². The maximum absolute atomic E-state index is 9.17. The van der Waals surface area contributed by atoms with Gasteiger partial charge < -0.3 is 10.4 Å². The summed E-state index contributed by atoms with van der Waals surface area (Å²) in [6.07, 6.45) is 2.91. The van der Waals surface area contributed by atoms with Crippen LogP contribution in [0, 0.1) is 0 Å². The Hall–Kier alpha value is -0.620. The zero-order valence-electron chi connectivity index (χ0n) is 12.9. The minimum absolute atomic E-state index is 0.237. The van der Waals surface area contributed by atoms with Crippen molar-refractivity contribution < 1.29 is 5.11 Å². The molecule has 0 aliphatic rings. The summed E-state index contributed by atoms with van der Waals surface area (Å²) in [6, 6.07) is 9.00. The molecule has 116 valence electrons. The molecule has 2 aromatic rings. The number of fused-ring (bicyclic) bond motifs is 1. The fraction of sp³-hybridized carbons (Fsp3) is 0.562. The van der Waals surface area contributed by atoms with Gasteiger partial charge in [-0.2, -0.15) is 11.8 Å². The molecule has 0 aliphatic heterocycles. The predicted octanol–water partition coefficient (Wildman–Crippen LogP) is 3.49. The second-order valence-electron chi connectivity index (χ2n) is 5.43. The largest absolute Gasteiger partial charge is 0.396 e. The summed E-state index contributed by atoms with van der Waals surface area (Å²) >= 11 is 3.60. The number of para-hydroxylation sites is 1. The van der Waals surface area contributed by atoms with Gasteiger partial charge in [-0.05, 0) is 31.7 Å². The molecular weight excluding hydrogens is 300 g/mol. The Morgan fingerprint density at radius 2 is 2.10 bits per heavy atom. The van der Waals surface area contributed by atoms with E-state index in [9.17, 15) is 0 Å². The lowest BCUT2D eigenvalue weighted by atomic mass is 10.0. The molecule has 0 saturated heterocycles. The quantitative estimate of drug-likeness (QED) is 0.780. The highest BCUT2D eigenvalue weighted by atomic mass is 32.2. The number of thiazole rings is 1. The van der Waals surface area contributed by atoms with E-state index in [0.29, 0.717) is 18.0 Å². The monoisotopic (exact) mass is 324 g/mol. The summed E-state index contributed by atoms with van der Waals surface area (Å²) in [4.78, 5) is 4.76. The van der Waals surface area contributed by atoms with E-state index in [2.05, 4.69) is 43.6 Å². The molecule has 0 saturated carbocycles. The first kappa shape index (κ1) is 16.7. The summed E-state index contributed by atoms with van der Waals surface area (Å²) in [5.74, 6) is 1.39. The molecule has 1 aromatic heterocycles. The maximum Gasteiger partial charge on any atom is 0.0982 e. The van der Waals surface area contributed by atoms with Crippen LogP contribution in [0.15, 0.2) is 24.3 Å². The molecule has 0 amide bonds. The molecule has 5 heteroatoms. The molecule has 3 nitrogen and oxygen atoms in total. The molecule has 0 bridgehead atoms. The SMILES string of the molecule is CSCC(CCO)NC(C)C(C)c1nc2ccccc2s1. The van der Waals surface area contributed by atoms with Crippen molar-refractivity contribution in [3.8, 4) is 0 Å². The molecule has 1 aromatic carbocycles. The van der Waals surface area contributed by atoms with Crippen LogP contribution in [0.1, 0.15) is 31.2 Å². The van der Waals surface area contributed by atoms with Crippen LogP contribution < -0.4 is 5.32 Å². The van der Waals surface area contributed by atoms with E-state index in [1.165, 1.54) is 9.71 Å². The Balaban J connectivity index is 2.05. The molecule has 0 aliphatic carbocycles. The first-order chi connectivity index (χ1) is 10.2. The van der Waals surface area contributed by atoms with Gasteiger partial charge in [0.2, 0.25) is 0 Å². The third-order valence-electron chi connectivity index (χ3n) is 3.79. The number of thioether (sulfide) groups is 1. The number of benzene rings is 1. The van der Waals surface area contributed by atoms with E-state index in [4.69, 9.17) is 10.1 Å². The smallest absolute Gasteiger partial charge is 0.0982 e. The summed E-state index contributed by atoms with van der Waals surface area (Å²) in [5, 5.41) is 14.0. The maximum atomic E-state index is 9.17. The van der Waals surface area contributed by atoms with Crippen molar-refractivity contribution in [3.63, 3.8) is 0 Å². The molecule has 0 spiro atoms. The minimum Gasteiger partial charge on any atom is -0.396 e. The number of rotatable bonds is 8. The van der Waals surface area contributed by atoms with Gasteiger partial charge in [-0.25, -0.2) is 4.98 Å². The van der Waals surface area contributed by atoms with E-state index >= 15 is 0 Å². The van der Waals surface area contributed by atoms with Crippen LogP contribution in [-0.4, -0.2) is 40.8 Å². The number of aliphatic hydroxyl groups is 1. The summed E-state index contributed by atoms with van der Waals surface area (Å²) in [6.45, 7) is 4.67. The van der Waals surface area contributed by atoms with Crippen LogP contribution in [0.4, 0.5) is 0 Å². The minimum atomic E-state index is 0.237. The highest BCUT2D eigenvalue weighted by Crippen LogP contribution is 2.29. The van der Waals surface area contributed by atoms with Crippen molar-refractivity contribution in [3.05, 3.63) is 29.3 Å². The van der Waals surface area contributed by atoms with Crippen molar-refractivity contribution in [2.24, 2.45) is 0 Å². The van der Waals surface area contributed by atoms with Crippen LogP contribution in [0.25, 0.3) is 10.2 Å². The molecule has 21 heavy (non-hydrogen) atoms. The van der Waals surface area contributed by atoms with Crippen molar-refractivity contribution in [1.29, 1.82) is 0 Å². The highest BCUT2D eigenvalue weighted by Gasteiger charge is 2.20. The molecule has 2 rings (SSSR count). The average Bonchev–Trinajstić information content (AvgIpc) is 2.90. The molecule has 1 heterocycles. The van der Waals surface area contributed by atoms with Crippen molar-refractivity contribution in [2.75, 3.05) is 18.6 Å². The van der Waals surface area contributed by atoms with Gasteiger partial charge in [0, 0.05) is 30.4 Å². The van der Waals surface area contributed by atoms with Gasteiger partial charge in [-0.3, -0.25) is 0 Å². The van der Waals surface area contributed by atoms with Crippen molar-refractivity contribution in [2.45, 2.75) is 38.3 Å². The number of hydrogen-bond donors (Lipinski definition) is 2. The van der Waals surface area contributed by atoms with Gasteiger partial charge in [0.15, 0.2) is 0 Å². The Kier molecular flexibility index (Phi) is 6.48. The lowest BCUT2D eigenvalue weighted by Crippen LogP contribution is -2.41. The number of aromatic nitrogens is 1. The number of aliphatic hydroxyl groups excluding tert-OH is 1. The Labute approximate surface area is 135 Å². The van der Waals surface area contributed by atoms with Gasteiger partial charge >= 0.3 is 0 Å². The second-order valence-corrected chi connectivity index (χ2v) is 7.40. The van der Waals surface area contributed by atoms with Crippen molar-refractivity contribution >= 4 is 33.3 Å². The molecule has 0 fully saturated rings. The van der Waals surface area contributed by atoms with Crippen molar-refractivity contribution in [1.82, 2.24) is 10.3 Å². The van der Waals surface area contributed by atoms with Crippen LogP contribution >= 0.6 is 23.1 Å². The lowest BCUT2D eigenvalue weighted by Gasteiger charge is -2.25. The second kappa shape index (κ2) is 8.13. The van der Waals surface area contributed by atoms with Gasteiger partial charge in [-0.15, -0.1) is 11.3 Å². The Morgan fingerprint density at radius 3 is 2.76 bits per heavy atom. The van der Waals surface area contributed by atoms with Gasteiger partial charge in [-0.1, -0.05) is 19.1 Å². The van der Waals surface area contributed by atoms with E-state index in [0.717, 1.165) is 17.7 Å². The van der Waals surface area contributed by atoms with E-state index < -0.39 is 0 Å². The normalized spacial score (nSPS) is 16.0. The van der Waals surface area contributed by atoms with Gasteiger partial charge in [0.25, 0.3) is 0 Å². The van der Waals surface area contributed by atoms with E-state index in [-0.39, 0.29) is 6.61 Å².